The maximum Gasteiger partial charge on any atom is 0.108 e. The highest BCUT2D eigenvalue weighted by Gasteiger charge is 2.18. The van der Waals surface area contributed by atoms with Gasteiger partial charge in [0.05, 0.1) is 6.10 Å². The summed E-state index contributed by atoms with van der Waals surface area (Å²) in [4.78, 5) is 2.28. The van der Waals surface area contributed by atoms with Crippen molar-refractivity contribution < 1.29 is 4.74 Å². The summed E-state index contributed by atoms with van der Waals surface area (Å²) in [6.07, 6.45) is 1.57. The lowest BCUT2D eigenvalue weighted by Crippen LogP contribution is -2.19. The lowest BCUT2D eigenvalue weighted by atomic mass is 10.3. The third-order valence-corrected chi connectivity index (χ3v) is 1.92. The zero-order chi connectivity index (χ0) is 8.10. The van der Waals surface area contributed by atoms with E-state index < -0.39 is 0 Å². The van der Waals surface area contributed by atoms with E-state index in [1.807, 2.05) is 6.92 Å². The van der Waals surface area contributed by atoms with Crippen LogP contribution in [0.3, 0.4) is 0 Å². The lowest BCUT2D eigenvalue weighted by Gasteiger charge is -2.08. The molecule has 0 aromatic rings. The molecule has 0 aliphatic carbocycles. The van der Waals surface area contributed by atoms with Gasteiger partial charge in [0.15, 0.2) is 0 Å². The summed E-state index contributed by atoms with van der Waals surface area (Å²) >= 11 is 0. The van der Waals surface area contributed by atoms with Gasteiger partial charge in [-0.2, -0.15) is 0 Å². The van der Waals surface area contributed by atoms with Crippen molar-refractivity contribution in [3.8, 4) is 11.8 Å². The van der Waals surface area contributed by atoms with Crippen molar-refractivity contribution in [2.75, 3.05) is 26.7 Å². The minimum atomic E-state index is 0.417. The second-order valence-corrected chi connectivity index (χ2v) is 2.91. The van der Waals surface area contributed by atoms with E-state index in [0.717, 1.165) is 19.5 Å². The van der Waals surface area contributed by atoms with Gasteiger partial charge in [-0.05, 0) is 20.4 Å². The van der Waals surface area contributed by atoms with Crippen LogP contribution in [0.1, 0.15) is 13.3 Å². The predicted octanol–water partition coefficient (Wildman–Crippen LogP) is 0.730. The average Bonchev–Trinajstić information content (AvgIpc) is 2.37. The fourth-order valence-corrected chi connectivity index (χ4v) is 1.26. The molecule has 1 saturated heterocycles. The van der Waals surface area contributed by atoms with Crippen LogP contribution < -0.4 is 0 Å². The van der Waals surface area contributed by atoms with Crippen molar-refractivity contribution in [2.24, 2.45) is 0 Å². The fraction of sp³-hybridized carbons (Fsp3) is 0.778. The van der Waals surface area contributed by atoms with Crippen molar-refractivity contribution in [1.29, 1.82) is 0 Å². The van der Waals surface area contributed by atoms with Gasteiger partial charge in [0, 0.05) is 13.1 Å². The fourth-order valence-electron chi connectivity index (χ4n) is 1.26. The summed E-state index contributed by atoms with van der Waals surface area (Å²) in [5, 5.41) is 0. The van der Waals surface area contributed by atoms with Gasteiger partial charge in [-0.1, -0.05) is 5.92 Å². The molecule has 0 bridgehead atoms. The van der Waals surface area contributed by atoms with Crippen LogP contribution in [0.2, 0.25) is 0 Å². The second kappa shape index (κ2) is 4.38. The normalized spacial score (nSPS) is 24.7. The van der Waals surface area contributed by atoms with Gasteiger partial charge in [0.25, 0.3) is 0 Å². The Kier molecular flexibility index (Phi) is 3.41. The average molecular weight is 153 g/mol. The molecule has 1 aliphatic rings. The van der Waals surface area contributed by atoms with Crippen molar-refractivity contribution >= 4 is 0 Å². The summed E-state index contributed by atoms with van der Waals surface area (Å²) in [7, 11) is 2.12. The molecule has 2 heteroatoms. The first-order chi connectivity index (χ1) is 5.33. The number of nitrogens with zero attached hydrogens (tertiary/aromatic N) is 1. The summed E-state index contributed by atoms with van der Waals surface area (Å²) in [5.74, 6) is 5.71. The smallest absolute Gasteiger partial charge is 0.108 e. The Morgan fingerprint density at radius 3 is 3.00 bits per heavy atom. The molecule has 0 aromatic heterocycles. The first-order valence-corrected chi connectivity index (χ1v) is 4.02. The lowest BCUT2D eigenvalue weighted by molar-refractivity contribution is 0.0861. The zero-order valence-corrected chi connectivity index (χ0v) is 7.26. The van der Waals surface area contributed by atoms with Crippen molar-refractivity contribution in [2.45, 2.75) is 19.4 Å². The Labute approximate surface area is 68.5 Å². The predicted molar refractivity (Wildman–Crippen MR) is 45.3 cm³/mol. The first kappa shape index (κ1) is 8.58. The van der Waals surface area contributed by atoms with E-state index in [4.69, 9.17) is 4.74 Å². The molecular weight excluding hydrogens is 138 g/mol. The zero-order valence-electron chi connectivity index (χ0n) is 7.26. The monoisotopic (exact) mass is 153 g/mol. The molecule has 11 heavy (non-hydrogen) atoms. The summed E-state index contributed by atoms with van der Waals surface area (Å²) in [6, 6.07) is 0. The van der Waals surface area contributed by atoms with Crippen LogP contribution in [-0.2, 0) is 4.74 Å². The van der Waals surface area contributed by atoms with Crippen LogP contribution in [-0.4, -0.2) is 37.7 Å². The van der Waals surface area contributed by atoms with E-state index >= 15 is 0 Å². The first-order valence-electron chi connectivity index (χ1n) is 4.02. The van der Waals surface area contributed by atoms with Gasteiger partial charge in [-0.3, -0.25) is 0 Å². The van der Waals surface area contributed by atoms with Crippen molar-refractivity contribution in [3.05, 3.63) is 0 Å². The molecule has 62 valence electrons. The molecule has 0 amide bonds. The molecular formula is C9H15NO. The maximum absolute atomic E-state index is 5.50. The number of hydrogen-bond acceptors (Lipinski definition) is 2. The van der Waals surface area contributed by atoms with Crippen LogP contribution >= 0.6 is 0 Å². The van der Waals surface area contributed by atoms with Gasteiger partial charge < -0.3 is 9.64 Å². The highest BCUT2D eigenvalue weighted by molar-refractivity contribution is 4.95. The Balaban J connectivity index is 2.11. The van der Waals surface area contributed by atoms with Crippen LogP contribution in [0, 0.1) is 11.8 Å². The Bertz CT molecular complexity index is 168. The van der Waals surface area contributed by atoms with Gasteiger partial charge in [0.1, 0.15) is 6.61 Å². The SMILES string of the molecule is CC#CCOC1CCN(C)C1. The van der Waals surface area contributed by atoms with Crippen LogP contribution in [0.15, 0.2) is 0 Å². The molecule has 0 spiro atoms. The number of likely N-dealkylation sites (tertiary alicyclic amines) is 1. The standard InChI is InChI=1S/C9H15NO/c1-3-4-7-11-9-5-6-10(2)8-9/h9H,5-8H2,1-2H3. The molecule has 0 saturated carbocycles. The largest absolute Gasteiger partial charge is 0.364 e. The van der Waals surface area contributed by atoms with Gasteiger partial charge >= 0.3 is 0 Å². The molecule has 0 radical (unpaired) electrons. The highest BCUT2D eigenvalue weighted by Crippen LogP contribution is 2.09. The van der Waals surface area contributed by atoms with E-state index in [9.17, 15) is 0 Å². The number of rotatable bonds is 2. The topological polar surface area (TPSA) is 12.5 Å². The van der Waals surface area contributed by atoms with Crippen LogP contribution in [0.5, 0.6) is 0 Å². The summed E-state index contributed by atoms with van der Waals surface area (Å²) in [5.41, 5.74) is 0. The van der Waals surface area contributed by atoms with Crippen LogP contribution in [0.25, 0.3) is 0 Å². The quantitative estimate of drug-likeness (QED) is 0.542. The summed E-state index contributed by atoms with van der Waals surface area (Å²) in [6.45, 7) is 4.65. The van der Waals surface area contributed by atoms with Crippen molar-refractivity contribution in [3.63, 3.8) is 0 Å². The molecule has 1 aliphatic heterocycles. The van der Waals surface area contributed by atoms with E-state index in [1.165, 1.54) is 0 Å². The molecule has 1 atom stereocenters. The second-order valence-electron chi connectivity index (χ2n) is 2.91. The Morgan fingerprint density at radius 1 is 1.64 bits per heavy atom. The number of hydrogen-bond donors (Lipinski definition) is 0. The summed E-state index contributed by atoms with van der Waals surface area (Å²) < 4.78 is 5.50. The van der Waals surface area contributed by atoms with E-state index in [1.54, 1.807) is 0 Å². The Morgan fingerprint density at radius 2 is 2.45 bits per heavy atom. The molecule has 1 unspecified atom stereocenters. The third-order valence-electron chi connectivity index (χ3n) is 1.92. The van der Waals surface area contributed by atoms with E-state index in [-0.39, 0.29) is 0 Å². The molecule has 1 rings (SSSR count). The van der Waals surface area contributed by atoms with Gasteiger partial charge in [-0.15, -0.1) is 5.92 Å². The highest BCUT2D eigenvalue weighted by atomic mass is 16.5. The molecule has 2 nitrogen and oxygen atoms in total. The molecule has 0 aromatic carbocycles. The minimum absolute atomic E-state index is 0.417. The van der Waals surface area contributed by atoms with Gasteiger partial charge in [-0.25, -0.2) is 0 Å². The molecule has 1 heterocycles. The van der Waals surface area contributed by atoms with Crippen LogP contribution in [0.4, 0.5) is 0 Å². The third kappa shape index (κ3) is 2.92. The Hall–Kier alpha value is -0.520. The van der Waals surface area contributed by atoms with E-state index in [0.29, 0.717) is 12.7 Å². The maximum atomic E-state index is 5.50. The minimum Gasteiger partial charge on any atom is -0.364 e. The number of ether oxygens (including phenoxy) is 1. The van der Waals surface area contributed by atoms with E-state index in [2.05, 4.69) is 23.8 Å². The number of likely N-dealkylation sites (N-methyl/N-ethyl adjacent to an activating group) is 1. The molecule has 1 fully saturated rings. The molecule has 0 N–H and O–H groups in total. The van der Waals surface area contributed by atoms with Crippen molar-refractivity contribution in [1.82, 2.24) is 4.90 Å². The van der Waals surface area contributed by atoms with Gasteiger partial charge in [0.2, 0.25) is 0 Å².